The molecule has 0 N–H and O–H groups in total. The molecular weight excluding hydrogens is 236 g/mol. The number of alkyl halides is 2. The second-order valence-electron chi connectivity index (χ2n) is 1.90. The van der Waals surface area contributed by atoms with Gasteiger partial charge in [0.15, 0.2) is 0 Å². The van der Waals surface area contributed by atoms with Crippen molar-refractivity contribution in [3.8, 4) is 0 Å². The minimum absolute atomic E-state index is 0.510. The van der Waals surface area contributed by atoms with Gasteiger partial charge < -0.3 is 4.74 Å². The number of ether oxygens (including phenoxy) is 1. The Morgan fingerprint density at radius 3 is 2.38 bits per heavy atom. The first-order valence-electron chi connectivity index (χ1n) is 2.66. The van der Waals surface area contributed by atoms with Gasteiger partial charge in [-0.1, -0.05) is 31.9 Å². The lowest BCUT2D eigenvalue weighted by Crippen LogP contribution is -2.27. The first kappa shape index (κ1) is 7.03. The molecule has 1 fully saturated rings. The summed E-state index contributed by atoms with van der Waals surface area (Å²) in [5.74, 6) is 0. The summed E-state index contributed by atoms with van der Waals surface area (Å²) >= 11 is 7.01. The smallest absolute Gasteiger partial charge is 0.0602 e. The van der Waals surface area contributed by atoms with E-state index in [1.54, 1.807) is 0 Å². The van der Waals surface area contributed by atoms with E-state index in [1.165, 1.54) is 0 Å². The van der Waals surface area contributed by atoms with Gasteiger partial charge >= 0.3 is 0 Å². The predicted molar refractivity (Wildman–Crippen MR) is 40.9 cm³/mol. The SMILES string of the molecule is Br[C@@H]1CCOC[C@H]1Br. The van der Waals surface area contributed by atoms with Crippen LogP contribution >= 0.6 is 31.9 Å². The molecule has 1 nitrogen and oxygen atoms in total. The monoisotopic (exact) mass is 242 g/mol. The molecule has 0 saturated carbocycles. The van der Waals surface area contributed by atoms with Crippen molar-refractivity contribution < 1.29 is 4.74 Å². The summed E-state index contributed by atoms with van der Waals surface area (Å²) in [4.78, 5) is 1.12. The van der Waals surface area contributed by atoms with Crippen LogP contribution in [-0.2, 0) is 4.74 Å². The quantitative estimate of drug-likeness (QED) is 0.591. The van der Waals surface area contributed by atoms with Crippen molar-refractivity contribution in [2.24, 2.45) is 0 Å². The van der Waals surface area contributed by atoms with Crippen molar-refractivity contribution in [3.63, 3.8) is 0 Å². The van der Waals surface area contributed by atoms with Gasteiger partial charge in [0, 0.05) is 11.4 Å². The Morgan fingerprint density at radius 1 is 1.25 bits per heavy atom. The molecule has 0 aromatic heterocycles. The zero-order valence-corrected chi connectivity index (χ0v) is 7.61. The van der Waals surface area contributed by atoms with Crippen LogP contribution in [0.3, 0.4) is 0 Å². The lowest BCUT2D eigenvalue weighted by molar-refractivity contribution is 0.107. The van der Waals surface area contributed by atoms with E-state index in [9.17, 15) is 0 Å². The maximum Gasteiger partial charge on any atom is 0.0602 e. The molecule has 0 radical (unpaired) electrons. The average Bonchev–Trinajstić information content (AvgIpc) is 1.77. The summed E-state index contributed by atoms with van der Waals surface area (Å²) in [6.07, 6.45) is 1.12. The molecule has 2 atom stereocenters. The fourth-order valence-corrected chi connectivity index (χ4v) is 1.47. The van der Waals surface area contributed by atoms with Crippen LogP contribution in [-0.4, -0.2) is 22.9 Å². The Morgan fingerprint density at radius 2 is 2.00 bits per heavy atom. The standard InChI is InChI=1S/C5H8Br2O/c6-4-1-2-8-3-5(4)7/h4-5H,1-3H2/t4-,5-/m1/s1. The molecule has 0 spiro atoms. The lowest BCUT2D eigenvalue weighted by Gasteiger charge is -2.21. The maximum atomic E-state index is 5.18. The molecule has 8 heavy (non-hydrogen) atoms. The summed E-state index contributed by atoms with van der Waals surface area (Å²) in [6.45, 7) is 1.74. The summed E-state index contributed by atoms with van der Waals surface area (Å²) in [5.41, 5.74) is 0. The minimum atomic E-state index is 0.510. The van der Waals surface area contributed by atoms with Crippen LogP contribution in [0.25, 0.3) is 0 Å². The third-order valence-electron chi connectivity index (χ3n) is 1.21. The van der Waals surface area contributed by atoms with Crippen LogP contribution in [0.1, 0.15) is 6.42 Å². The number of hydrogen-bond acceptors (Lipinski definition) is 1. The van der Waals surface area contributed by atoms with Crippen molar-refractivity contribution in [1.82, 2.24) is 0 Å². The first-order chi connectivity index (χ1) is 3.80. The van der Waals surface area contributed by atoms with E-state index < -0.39 is 0 Å². The molecule has 0 amide bonds. The van der Waals surface area contributed by atoms with Crippen LogP contribution in [0.2, 0.25) is 0 Å². The van der Waals surface area contributed by atoms with Crippen molar-refractivity contribution in [2.45, 2.75) is 16.1 Å². The average molecular weight is 244 g/mol. The van der Waals surface area contributed by atoms with Crippen LogP contribution < -0.4 is 0 Å². The zero-order chi connectivity index (χ0) is 5.98. The van der Waals surface area contributed by atoms with Gasteiger partial charge in [-0.05, 0) is 6.42 Å². The van der Waals surface area contributed by atoms with Gasteiger partial charge in [0.2, 0.25) is 0 Å². The van der Waals surface area contributed by atoms with E-state index in [0.29, 0.717) is 9.65 Å². The molecule has 1 rings (SSSR count). The third kappa shape index (κ3) is 1.71. The summed E-state index contributed by atoms with van der Waals surface area (Å²) in [5, 5.41) is 0. The highest BCUT2D eigenvalue weighted by molar-refractivity contribution is 9.12. The van der Waals surface area contributed by atoms with E-state index >= 15 is 0 Å². The molecule has 1 heterocycles. The summed E-state index contributed by atoms with van der Waals surface area (Å²) in [7, 11) is 0. The van der Waals surface area contributed by atoms with Crippen LogP contribution in [0, 0.1) is 0 Å². The van der Waals surface area contributed by atoms with Crippen molar-refractivity contribution >= 4 is 31.9 Å². The Bertz CT molecular complexity index is 66.8. The van der Waals surface area contributed by atoms with Gasteiger partial charge in [-0.15, -0.1) is 0 Å². The van der Waals surface area contributed by atoms with E-state index in [0.717, 1.165) is 19.6 Å². The van der Waals surface area contributed by atoms with Gasteiger partial charge in [-0.2, -0.15) is 0 Å². The topological polar surface area (TPSA) is 9.23 Å². The van der Waals surface area contributed by atoms with Gasteiger partial charge in [0.25, 0.3) is 0 Å². The predicted octanol–water partition coefficient (Wildman–Crippen LogP) is 1.93. The summed E-state index contributed by atoms with van der Waals surface area (Å²) in [6, 6.07) is 0. The van der Waals surface area contributed by atoms with Crippen molar-refractivity contribution in [2.75, 3.05) is 13.2 Å². The maximum absolute atomic E-state index is 5.18. The lowest BCUT2D eigenvalue weighted by atomic mass is 10.2. The van der Waals surface area contributed by atoms with E-state index in [-0.39, 0.29) is 0 Å². The molecule has 0 unspecified atom stereocenters. The Labute approximate surface area is 66.0 Å². The molecular formula is C5H8Br2O. The van der Waals surface area contributed by atoms with Crippen molar-refractivity contribution in [1.29, 1.82) is 0 Å². The third-order valence-corrected chi connectivity index (χ3v) is 3.92. The number of halogens is 2. The Balaban J connectivity index is 2.28. The second-order valence-corrected chi connectivity index (χ2v) is 4.25. The van der Waals surface area contributed by atoms with E-state index in [2.05, 4.69) is 31.9 Å². The molecule has 0 aromatic rings. The first-order valence-corrected chi connectivity index (χ1v) is 4.49. The molecule has 48 valence electrons. The summed E-state index contributed by atoms with van der Waals surface area (Å²) < 4.78 is 5.18. The highest BCUT2D eigenvalue weighted by Crippen LogP contribution is 2.21. The van der Waals surface area contributed by atoms with Crippen LogP contribution in [0.4, 0.5) is 0 Å². The second kappa shape index (κ2) is 3.18. The minimum Gasteiger partial charge on any atom is -0.380 e. The highest BCUT2D eigenvalue weighted by atomic mass is 79.9. The van der Waals surface area contributed by atoms with Gasteiger partial charge in [-0.3, -0.25) is 0 Å². The normalized spacial score (nSPS) is 39.8. The Kier molecular flexibility index (Phi) is 2.80. The largest absolute Gasteiger partial charge is 0.380 e. The van der Waals surface area contributed by atoms with Gasteiger partial charge in [-0.25, -0.2) is 0 Å². The van der Waals surface area contributed by atoms with Gasteiger partial charge in [0.1, 0.15) is 0 Å². The Hall–Kier alpha value is 0.920. The fourth-order valence-electron chi connectivity index (χ4n) is 0.677. The number of rotatable bonds is 0. The van der Waals surface area contributed by atoms with Crippen LogP contribution in [0.5, 0.6) is 0 Å². The molecule has 0 aromatic carbocycles. The molecule has 3 heteroatoms. The molecule has 1 aliphatic heterocycles. The number of hydrogen-bond donors (Lipinski definition) is 0. The fraction of sp³-hybridized carbons (Fsp3) is 1.00. The van der Waals surface area contributed by atoms with E-state index in [4.69, 9.17) is 4.74 Å². The van der Waals surface area contributed by atoms with Gasteiger partial charge in [0.05, 0.1) is 11.4 Å². The van der Waals surface area contributed by atoms with Crippen molar-refractivity contribution in [3.05, 3.63) is 0 Å². The molecule has 0 bridgehead atoms. The highest BCUT2D eigenvalue weighted by Gasteiger charge is 2.19. The molecule has 0 aliphatic carbocycles. The molecule has 1 saturated heterocycles. The van der Waals surface area contributed by atoms with Crippen LogP contribution in [0.15, 0.2) is 0 Å². The van der Waals surface area contributed by atoms with E-state index in [1.807, 2.05) is 0 Å². The molecule has 1 aliphatic rings. The zero-order valence-electron chi connectivity index (χ0n) is 4.44.